The summed E-state index contributed by atoms with van der Waals surface area (Å²) in [5.41, 5.74) is 2.66. The SMILES string of the molecule is O=c1nccc(-c2ccc3c(c2)CCCO3)[nH]1. The van der Waals surface area contributed by atoms with Gasteiger partial charge in [0.2, 0.25) is 0 Å². The van der Waals surface area contributed by atoms with Crippen LogP contribution in [-0.4, -0.2) is 16.6 Å². The maximum atomic E-state index is 11.2. The Morgan fingerprint density at radius 1 is 1.29 bits per heavy atom. The first kappa shape index (κ1) is 10.1. The fourth-order valence-electron chi connectivity index (χ4n) is 2.06. The molecule has 1 N–H and O–H groups in total. The van der Waals surface area contributed by atoms with E-state index in [9.17, 15) is 4.79 Å². The van der Waals surface area contributed by atoms with Crippen molar-refractivity contribution in [1.82, 2.24) is 9.97 Å². The highest BCUT2D eigenvalue weighted by molar-refractivity contribution is 5.61. The normalized spacial score (nSPS) is 13.9. The summed E-state index contributed by atoms with van der Waals surface area (Å²) in [6.45, 7) is 0.790. The molecule has 4 heteroatoms. The molecule has 0 radical (unpaired) electrons. The van der Waals surface area contributed by atoms with Crippen LogP contribution < -0.4 is 10.4 Å². The lowest BCUT2D eigenvalue weighted by atomic mass is 10.0. The molecule has 0 aliphatic carbocycles. The van der Waals surface area contributed by atoms with Crippen molar-refractivity contribution >= 4 is 0 Å². The van der Waals surface area contributed by atoms with Crippen LogP contribution in [0.25, 0.3) is 11.3 Å². The maximum absolute atomic E-state index is 11.2. The number of fused-ring (bicyclic) bond motifs is 1. The van der Waals surface area contributed by atoms with Gasteiger partial charge in [-0.15, -0.1) is 0 Å². The number of ether oxygens (including phenoxy) is 1. The number of H-pyrrole nitrogens is 1. The monoisotopic (exact) mass is 228 g/mol. The van der Waals surface area contributed by atoms with Crippen molar-refractivity contribution < 1.29 is 4.74 Å². The largest absolute Gasteiger partial charge is 0.493 e. The van der Waals surface area contributed by atoms with Gasteiger partial charge >= 0.3 is 5.69 Å². The van der Waals surface area contributed by atoms with Crippen LogP contribution >= 0.6 is 0 Å². The molecule has 0 saturated carbocycles. The molecular weight excluding hydrogens is 216 g/mol. The number of nitrogens with one attached hydrogen (secondary N) is 1. The van der Waals surface area contributed by atoms with Gasteiger partial charge in [0.25, 0.3) is 0 Å². The Morgan fingerprint density at radius 3 is 3.12 bits per heavy atom. The maximum Gasteiger partial charge on any atom is 0.345 e. The summed E-state index contributed by atoms with van der Waals surface area (Å²) in [5.74, 6) is 0.955. The summed E-state index contributed by atoms with van der Waals surface area (Å²) in [6.07, 6.45) is 3.59. The molecule has 1 aromatic carbocycles. The van der Waals surface area contributed by atoms with Gasteiger partial charge in [-0.1, -0.05) is 0 Å². The van der Waals surface area contributed by atoms with Crippen molar-refractivity contribution in [2.75, 3.05) is 6.61 Å². The lowest BCUT2D eigenvalue weighted by Crippen LogP contribution is -2.10. The highest BCUT2D eigenvalue weighted by Crippen LogP contribution is 2.28. The number of hydrogen-bond acceptors (Lipinski definition) is 3. The van der Waals surface area contributed by atoms with E-state index in [0.717, 1.165) is 36.5 Å². The predicted molar refractivity (Wildman–Crippen MR) is 64.1 cm³/mol. The Hall–Kier alpha value is -2.10. The minimum absolute atomic E-state index is 0.323. The highest BCUT2D eigenvalue weighted by atomic mass is 16.5. The summed E-state index contributed by atoms with van der Waals surface area (Å²) < 4.78 is 5.55. The van der Waals surface area contributed by atoms with Crippen molar-refractivity contribution in [3.8, 4) is 17.0 Å². The number of rotatable bonds is 1. The van der Waals surface area contributed by atoms with Gasteiger partial charge in [0.05, 0.1) is 12.3 Å². The molecule has 0 bridgehead atoms. The number of aromatic nitrogens is 2. The van der Waals surface area contributed by atoms with Crippen molar-refractivity contribution in [3.05, 3.63) is 46.5 Å². The molecule has 4 nitrogen and oxygen atoms in total. The van der Waals surface area contributed by atoms with Crippen molar-refractivity contribution in [1.29, 1.82) is 0 Å². The van der Waals surface area contributed by atoms with Crippen molar-refractivity contribution in [3.63, 3.8) is 0 Å². The lowest BCUT2D eigenvalue weighted by Gasteiger charge is -2.17. The molecule has 0 spiro atoms. The Morgan fingerprint density at radius 2 is 2.24 bits per heavy atom. The average Bonchev–Trinajstić information content (AvgIpc) is 2.38. The third-order valence-electron chi connectivity index (χ3n) is 2.89. The molecule has 1 aromatic heterocycles. The zero-order chi connectivity index (χ0) is 11.7. The van der Waals surface area contributed by atoms with E-state index in [0.29, 0.717) is 0 Å². The second-order valence-electron chi connectivity index (χ2n) is 4.06. The molecule has 0 fully saturated rings. The van der Waals surface area contributed by atoms with Crippen LogP contribution in [0.1, 0.15) is 12.0 Å². The third kappa shape index (κ3) is 1.93. The molecule has 0 atom stereocenters. The second-order valence-corrected chi connectivity index (χ2v) is 4.06. The minimum atomic E-state index is -0.323. The second kappa shape index (κ2) is 4.05. The van der Waals surface area contributed by atoms with Crippen LogP contribution in [-0.2, 0) is 6.42 Å². The van der Waals surface area contributed by atoms with Crippen LogP contribution in [0.3, 0.4) is 0 Å². The molecular formula is C13H12N2O2. The van der Waals surface area contributed by atoms with E-state index >= 15 is 0 Å². The fraction of sp³-hybridized carbons (Fsp3) is 0.231. The molecule has 3 rings (SSSR count). The highest BCUT2D eigenvalue weighted by Gasteiger charge is 2.11. The summed E-state index contributed by atoms with van der Waals surface area (Å²) in [6, 6.07) is 7.78. The first-order valence-corrected chi connectivity index (χ1v) is 5.64. The van der Waals surface area contributed by atoms with Gasteiger partial charge in [0, 0.05) is 6.20 Å². The Kier molecular flexibility index (Phi) is 2.40. The molecule has 2 heterocycles. The molecule has 1 aliphatic rings. The molecule has 17 heavy (non-hydrogen) atoms. The van der Waals surface area contributed by atoms with Gasteiger partial charge in [-0.2, -0.15) is 0 Å². The summed E-state index contributed by atoms with van der Waals surface area (Å²) in [7, 11) is 0. The van der Waals surface area contributed by atoms with Gasteiger partial charge in [0.15, 0.2) is 0 Å². The number of benzene rings is 1. The van der Waals surface area contributed by atoms with Crippen LogP contribution in [0.4, 0.5) is 0 Å². The summed E-state index contributed by atoms with van der Waals surface area (Å²) >= 11 is 0. The minimum Gasteiger partial charge on any atom is -0.493 e. The van der Waals surface area contributed by atoms with E-state index in [1.807, 2.05) is 12.1 Å². The fourth-order valence-corrected chi connectivity index (χ4v) is 2.06. The van der Waals surface area contributed by atoms with Gasteiger partial charge < -0.3 is 9.72 Å². The first-order chi connectivity index (χ1) is 8.33. The number of hydrogen-bond donors (Lipinski definition) is 1. The average molecular weight is 228 g/mol. The van der Waals surface area contributed by atoms with Crippen LogP contribution in [0.2, 0.25) is 0 Å². The first-order valence-electron chi connectivity index (χ1n) is 5.64. The van der Waals surface area contributed by atoms with E-state index in [2.05, 4.69) is 16.0 Å². The standard InChI is InChI=1S/C13H12N2O2/c16-13-14-6-5-11(15-13)9-3-4-12-10(8-9)2-1-7-17-12/h3-6,8H,1-2,7H2,(H,14,15,16). The van der Waals surface area contributed by atoms with Gasteiger partial charge in [-0.05, 0) is 48.2 Å². The summed E-state index contributed by atoms with van der Waals surface area (Å²) in [5, 5.41) is 0. The van der Waals surface area contributed by atoms with E-state index in [1.165, 1.54) is 11.8 Å². The van der Waals surface area contributed by atoms with E-state index < -0.39 is 0 Å². The molecule has 1 aliphatic heterocycles. The smallest absolute Gasteiger partial charge is 0.345 e. The third-order valence-corrected chi connectivity index (χ3v) is 2.89. The zero-order valence-corrected chi connectivity index (χ0v) is 9.27. The number of aromatic amines is 1. The number of nitrogens with zero attached hydrogens (tertiary/aromatic N) is 1. The zero-order valence-electron chi connectivity index (χ0n) is 9.27. The topological polar surface area (TPSA) is 55.0 Å². The van der Waals surface area contributed by atoms with E-state index in [-0.39, 0.29) is 5.69 Å². The number of aryl methyl sites for hydroxylation is 1. The molecule has 0 saturated heterocycles. The molecule has 86 valence electrons. The predicted octanol–water partition coefficient (Wildman–Crippen LogP) is 1.76. The Labute approximate surface area is 98.3 Å². The van der Waals surface area contributed by atoms with Crippen LogP contribution in [0, 0.1) is 0 Å². The van der Waals surface area contributed by atoms with Gasteiger partial charge in [-0.3, -0.25) is 0 Å². The van der Waals surface area contributed by atoms with E-state index in [1.54, 1.807) is 6.07 Å². The molecule has 0 amide bonds. The van der Waals surface area contributed by atoms with Crippen LogP contribution in [0.15, 0.2) is 35.3 Å². The van der Waals surface area contributed by atoms with Crippen molar-refractivity contribution in [2.45, 2.75) is 12.8 Å². The van der Waals surface area contributed by atoms with E-state index in [4.69, 9.17) is 4.74 Å². The Bertz CT molecular complexity index is 604. The molecule has 2 aromatic rings. The lowest BCUT2D eigenvalue weighted by molar-refractivity contribution is 0.288. The molecule has 0 unspecified atom stereocenters. The quantitative estimate of drug-likeness (QED) is 0.809. The summed E-state index contributed by atoms with van der Waals surface area (Å²) in [4.78, 5) is 17.5. The van der Waals surface area contributed by atoms with Crippen LogP contribution in [0.5, 0.6) is 5.75 Å². The Balaban J connectivity index is 2.07. The van der Waals surface area contributed by atoms with Crippen molar-refractivity contribution in [2.24, 2.45) is 0 Å². The van der Waals surface area contributed by atoms with Gasteiger partial charge in [0.1, 0.15) is 5.75 Å². The van der Waals surface area contributed by atoms with Gasteiger partial charge in [-0.25, -0.2) is 9.78 Å².